The van der Waals surface area contributed by atoms with Crippen LogP contribution in [0.5, 0.6) is 0 Å². The zero-order valence-corrected chi connectivity index (χ0v) is 26.2. The Morgan fingerprint density at radius 3 is 2.12 bits per heavy atom. The number of ketones is 1. The number of halogens is 1. The topological polar surface area (TPSA) is 44.1 Å². The molecular weight excluding hydrogens is 552 g/mol. The van der Waals surface area contributed by atoms with Gasteiger partial charge in [0.15, 0.2) is 5.78 Å². The van der Waals surface area contributed by atoms with Crippen LogP contribution in [0.15, 0.2) is 97.2 Å². The fourth-order valence-corrected chi connectivity index (χ4v) is 6.04. The van der Waals surface area contributed by atoms with Crippen molar-refractivity contribution in [3.63, 3.8) is 0 Å². The van der Waals surface area contributed by atoms with E-state index in [2.05, 4.69) is 78.8 Å². The molecule has 216 valence electrons. The highest BCUT2D eigenvalue weighted by atomic mass is 35.5. The fourth-order valence-electron chi connectivity index (χ4n) is 5.92. The Kier molecular flexibility index (Phi) is 7.45. The van der Waals surface area contributed by atoms with Gasteiger partial charge >= 0.3 is 0 Å². The van der Waals surface area contributed by atoms with Crippen LogP contribution in [0.4, 0.5) is 0 Å². The van der Waals surface area contributed by atoms with Gasteiger partial charge in [0.2, 0.25) is 0 Å². The smallest absolute Gasteiger partial charge is 0.163 e. The van der Waals surface area contributed by atoms with Crippen LogP contribution in [0.25, 0.3) is 55.1 Å². The second-order valence-corrected chi connectivity index (χ2v) is 12.7. The Labute approximate surface area is 257 Å². The van der Waals surface area contributed by atoms with E-state index in [9.17, 15) is 4.79 Å². The summed E-state index contributed by atoms with van der Waals surface area (Å²) in [5, 5.41) is 8.34. The van der Waals surface area contributed by atoms with Crippen LogP contribution in [0.3, 0.4) is 0 Å². The molecule has 1 heterocycles. The molecule has 0 unspecified atom stereocenters. The van der Waals surface area contributed by atoms with Gasteiger partial charge < -0.3 is 4.74 Å². The summed E-state index contributed by atoms with van der Waals surface area (Å²) in [4.78, 5) is 13.1. The SMILES string of the molecule is CC(=O)[C@@H](OC(C)(C)C)c1c(C)cc2ccc(-c3cccc(-c4ccc5c(cnn5C)c4)c3)cc2c1-c1ccc(Cl)cc1. The lowest BCUT2D eigenvalue weighted by Gasteiger charge is -2.29. The van der Waals surface area contributed by atoms with Crippen molar-refractivity contribution in [2.75, 3.05) is 0 Å². The molecule has 6 rings (SSSR count). The molecule has 4 nitrogen and oxygen atoms in total. The Hall–Kier alpha value is -4.25. The number of aromatic nitrogens is 2. The monoisotopic (exact) mass is 586 g/mol. The number of carbonyl (C=O) groups is 1. The summed E-state index contributed by atoms with van der Waals surface area (Å²) in [6, 6.07) is 31.7. The average Bonchev–Trinajstić information content (AvgIpc) is 3.35. The minimum absolute atomic E-state index is 0.0259. The number of hydrogen-bond acceptors (Lipinski definition) is 3. The van der Waals surface area contributed by atoms with Crippen molar-refractivity contribution in [3.8, 4) is 33.4 Å². The van der Waals surface area contributed by atoms with Crippen LogP contribution in [-0.4, -0.2) is 21.2 Å². The van der Waals surface area contributed by atoms with E-state index in [0.717, 1.165) is 66.2 Å². The van der Waals surface area contributed by atoms with E-state index in [1.54, 1.807) is 6.92 Å². The van der Waals surface area contributed by atoms with Crippen molar-refractivity contribution in [2.45, 2.75) is 46.3 Å². The van der Waals surface area contributed by atoms with Crippen molar-refractivity contribution in [2.24, 2.45) is 7.05 Å². The molecule has 43 heavy (non-hydrogen) atoms. The molecule has 0 aliphatic rings. The lowest BCUT2D eigenvalue weighted by molar-refractivity contribution is -0.138. The average molecular weight is 587 g/mol. The molecule has 1 atom stereocenters. The molecule has 0 amide bonds. The summed E-state index contributed by atoms with van der Waals surface area (Å²) in [7, 11) is 1.96. The van der Waals surface area contributed by atoms with Crippen LogP contribution < -0.4 is 0 Å². The molecule has 0 bridgehead atoms. The van der Waals surface area contributed by atoms with Gasteiger partial charge in [-0.15, -0.1) is 0 Å². The zero-order chi connectivity index (χ0) is 30.5. The van der Waals surface area contributed by atoms with Gasteiger partial charge in [0.05, 0.1) is 17.3 Å². The van der Waals surface area contributed by atoms with Crippen LogP contribution in [-0.2, 0) is 16.6 Å². The molecular formula is C38H35ClN2O2. The molecule has 0 saturated carbocycles. The largest absolute Gasteiger partial charge is 0.360 e. The molecule has 0 aliphatic carbocycles. The van der Waals surface area contributed by atoms with Crippen molar-refractivity contribution >= 4 is 39.1 Å². The Balaban J connectivity index is 1.55. The van der Waals surface area contributed by atoms with E-state index in [-0.39, 0.29) is 5.78 Å². The number of Topliss-reactive ketones (excluding diaryl/α,β-unsaturated/α-hetero) is 1. The number of rotatable bonds is 6. The third-order valence-corrected chi connectivity index (χ3v) is 8.15. The summed E-state index contributed by atoms with van der Waals surface area (Å²) in [5.41, 5.74) is 9.00. The lowest BCUT2D eigenvalue weighted by atomic mass is 9.85. The van der Waals surface area contributed by atoms with Crippen molar-refractivity contribution in [1.82, 2.24) is 9.78 Å². The molecule has 0 spiro atoms. The molecule has 0 radical (unpaired) electrons. The van der Waals surface area contributed by atoms with Gasteiger partial charge in [-0.05, 0) is 126 Å². The summed E-state index contributed by atoms with van der Waals surface area (Å²) < 4.78 is 8.32. The number of nitrogens with zero attached hydrogens (tertiary/aromatic N) is 2. The Morgan fingerprint density at radius 2 is 1.44 bits per heavy atom. The predicted molar refractivity (Wildman–Crippen MR) is 179 cm³/mol. The van der Waals surface area contributed by atoms with Crippen molar-refractivity contribution in [3.05, 3.63) is 113 Å². The van der Waals surface area contributed by atoms with Crippen molar-refractivity contribution < 1.29 is 9.53 Å². The summed E-state index contributed by atoms with van der Waals surface area (Å²) in [5.74, 6) is -0.0259. The second kappa shape index (κ2) is 11.1. The maximum Gasteiger partial charge on any atom is 0.163 e. The molecule has 5 heteroatoms. The summed E-state index contributed by atoms with van der Waals surface area (Å²) in [6.45, 7) is 9.62. The van der Waals surface area contributed by atoms with Crippen LogP contribution >= 0.6 is 11.6 Å². The molecule has 0 fully saturated rings. The minimum Gasteiger partial charge on any atom is -0.360 e. The first-order chi connectivity index (χ1) is 20.5. The number of ether oxygens (including phenoxy) is 1. The highest BCUT2D eigenvalue weighted by Gasteiger charge is 2.29. The van der Waals surface area contributed by atoms with Gasteiger partial charge in [0.25, 0.3) is 0 Å². The van der Waals surface area contributed by atoms with Gasteiger partial charge in [-0.2, -0.15) is 5.10 Å². The molecule has 0 saturated heterocycles. The second-order valence-electron chi connectivity index (χ2n) is 12.3. The van der Waals surface area contributed by atoms with Gasteiger partial charge in [-0.3, -0.25) is 9.48 Å². The third kappa shape index (κ3) is 5.73. The van der Waals surface area contributed by atoms with Gasteiger partial charge in [0, 0.05) is 17.5 Å². The number of hydrogen-bond donors (Lipinski definition) is 0. The molecule has 5 aromatic carbocycles. The highest BCUT2D eigenvalue weighted by molar-refractivity contribution is 6.30. The number of fused-ring (bicyclic) bond motifs is 2. The molecule has 6 aromatic rings. The minimum atomic E-state index is -0.704. The van der Waals surface area contributed by atoms with Crippen molar-refractivity contribution in [1.29, 1.82) is 0 Å². The standard InChI is InChI=1S/C38H35ClN2O2/c1-23-18-30-11-10-29(27-9-7-8-26(19-27)28-14-17-34-31(20-28)22-40-41(34)6)21-33(30)36(25-12-15-32(39)16-13-25)35(23)37(24(2)42)43-38(3,4)5/h7-22,37H,1-6H3/t37-/m1/s1. The van der Waals surface area contributed by atoms with E-state index < -0.39 is 11.7 Å². The normalized spacial score (nSPS) is 12.6. The predicted octanol–water partition coefficient (Wildman–Crippen LogP) is 10.1. The maximum atomic E-state index is 13.1. The Morgan fingerprint density at radius 1 is 0.814 bits per heavy atom. The van der Waals surface area contributed by atoms with Gasteiger partial charge in [-0.1, -0.05) is 66.2 Å². The summed E-state index contributed by atoms with van der Waals surface area (Å²) >= 11 is 6.31. The first-order valence-electron chi connectivity index (χ1n) is 14.5. The number of benzene rings is 5. The quantitative estimate of drug-likeness (QED) is 0.195. The summed E-state index contributed by atoms with van der Waals surface area (Å²) in [6.07, 6.45) is 1.20. The lowest BCUT2D eigenvalue weighted by Crippen LogP contribution is -2.27. The third-order valence-electron chi connectivity index (χ3n) is 7.90. The molecule has 0 aliphatic heterocycles. The van der Waals surface area contributed by atoms with E-state index in [4.69, 9.17) is 16.3 Å². The van der Waals surface area contributed by atoms with E-state index in [1.165, 1.54) is 0 Å². The van der Waals surface area contributed by atoms with Gasteiger partial charge in [-0.25, -0.2) is 0 Å². The van der Waals surface area contributed by atoms with E-state index in [0.29, 0.717) is 5.02 Å². The van der Waals surface area contributed by atoms with E-state index in [1.807, 2.05) is 63.0 Å². The molecule has 1 aromatic heterocycles. The maximum absolute atomic E-state index is 13.1. The van der Waals surface area contributed by atoms with Gasteiger partial charge in [0.1, 0.15) is 6.10 Å². The fraction of sp³-hybridized carbons (Fsp3) is 0.211. The number of aryl methyl sites for hydroxylation is 2. The number of carbonyl (C=O) groups excluding carboxylic acids is 1. The van der Waals surface area contributed by atoms with E-state index >= 15 is 0 Å². The van der Waals surface area contributed by atoms with Crippen LogP contribution in [0.1, 0.15) is 44.9 Å². The first kappa shape index (κ1) is 28.9. The Bertz CT molecular complexity index is 2000. The highest BCUT2D eigenvalue weighted by Crippen LogP contribution is 2.42. The van der Waals surface area contributed by atoms with Crippen LogP contribution in [0, 0.1) is 6.92 Å². The molecule has 0 N–H and O–H groups in total. The van der Waals surface area contributed by atoms with Crippen LogP contribution in [0.2, 0.25) is 5.02 Å². The zero-order valence-electron chi connectivity index (χ0n) is 25.4. The first-order valence-corrected chi connectivity index (χ1v) is 14.9.